The number of hydrogen-bond donors (Lipinski definition) is 1. The predicted octanol–water partition coefficient (Wildman–Crippen LogP) is 4.75. The van der Waals surface area contributed by atoms with Crippen molar-refractivity contribution in [1.82, 2.24) is 15.2 Å². The molecule has 2 amide bonds. The number of amides is 2. The van der Waals surface area contributed by atoms with Gasteiger partial charge in [-0.25, -0.2) is 14.2 Å². The van der Waals surface area contributed by atoms with E-state index < -0.39 is 23.2 Å². The average molecular weight is 526 g/mol. The van der Waals surface area contributed by atoms with Crippen LogP contribution in [0, 0.1) is 5.82 Å². The van der Waals surface area contributed by atoms with Gasteiger partial charge in [-0.15, -0.1) is 0 Å². The summed E-state index contributed by atoms with van der Waals surface area (Å²) in [5.41, 5.74) is 1.58. The van der Waals surface area contributed by atoms with Crippen LogP contribution in [0.25, 0.3) is 0 Å². The number of aromatic nitrogens is 1. The molecule has 1 aromatic heterocycles. The quantitative estimate of drug-likeness (QED) is 0.524. The molecule has 4 rings (SSSR count). The molecule has 0 spiro atoms. The van der Waals surface area contributed by atoms with Crippen LogP contribution in [0.5, 0.6) is 0 Å². The molecule has 1 N–H and O–H groups in total. The van der Waals surface area contributed by atoms with Gasteiger partial charge in [0.2, 0.25) is 0 Å². The average Bonchev–Trinajstić information content (AvgIpc) is 3.70. The number of benzene rings is 1. The minimum Gasteiger partial charge on any atom is -0.469 e. The number of rotatable bonds is 7. The Morgan fingerprint density at radius 1 is 1.08 bits per heavy atom. The van der Waals surface area contributed by atoms with Gasteiger partial charge in [0.1, 0.15) is 17.1 Å². The summed E-state index contributed by atoms with van der Waals surface area (Å²) in [6.07, 6.45) is 2.97. The minimum atomic E-state index is -0.878. The Kier molecular flexibility index (Phi) is 8.04. The number of carbonyl (C=O) groups is 3. The number of methoxy groups -OCH3 is 1. The molecule has 204 valence electrons. The zero-order valence-electron chi connectivity index (χ0n) is 22.5. The van der Waals surface area contributed by atoms with E-state index in [1.165, 1.54) is 19.2 Å². The standard InChI is InChI=1S/C29H36FN3O5/c1-28(2,3)38-27(36)33-15-13-29(14-16-33,18-25(34)37-4)32-26(35)23-12-11-22(20-7-8-20)24(31-23)17-19-5-9-21(30)10-6-19/h5-6,9-12,20H,7-8,13-18H2,1-4H3,(H,32,35). The molecule has 1 aliphatic carbocycles. The highest BCUT2D eigenvalue weighted by Crippen LogP contribution is 2.41. The molecule has 1 aliphatic heterocycles. The van der Waals surface area contributed by atoms with Crippen molar-refractivity contribution in [2.75, 3.05) is 20.2 Å². The van der Waals surface area contributed by atoms with Gasteiger partial charge in [-0.3, -0.25) is 9.59 Å². The molecule has 1 saturated carbocycles. The van der Waals surface area contributed by atoms with Crippen molar-refractivity contribution in [2.24, 2.45) is 0 Å². The molecule has 2 aromatic rings. The lowest BCUT2D eigenvalue weighted by molar-refractivity contribution is -0.142. The zero-order valence-corrected chi connectivity index (χ0v) is 22.5. The fourth-order valence-electron chi connectivity index (χ4n) is 4.78. The Hall–Kier alpha value is -3.49. The van der Waals surface area contributed by atoms with Crippen molar-refractivity contribution in [3.05, 3.63) is 64.7 Å². The van der Waals surface area contributed by atoms with E-state index in [1.807, 2.05) is 26.8 Å². The predicted molar refractivity (Wildman–Crippen MR) is 139 cm³/mol. The smallest absolute Gasteiger partial charge is 0.410 e. The molecule has 0 radical (unpaired) electrons. The number of carbonyl (C=O) groups excluding carboxylic acids is 3. The number of esters is 1. The lowest BCUT2D eigenvalue weighted by Crippen LogP contribution is -2.57. The van der Waals surface area contributed by atoms with Crippen LogP contribution in [0.2, 0.25) is 0 Å². The van der Waals surface area contributed by atoms with E-state index in [0.717, 1.165) is 29.7 Å². The summed E-state index contributed by atoms with van der Waals surface area (Å²) >= 11 is 0. The molecule has 0 atom stereocenters. The van der Waals surface area contributed by atoms with Crippen LogP contribution < -0.4 is 5.32 Å². The van der Waals surface area contributed by atoms with Crippen molar-refractivity contribution in [1.29, 1.82) is 0 Å². The Morgan fingerprint density at radius 3 is 2.32 bits per heavy atom. The maximum Gasteiger partial charge on any atom is 0.410 e. The second kappa shape index (κ2) is 11.1. The van der Waals surface area contributed by atoms with Gasteiger partial charge in [-0.2, -0.15) is 0 Å². The summed E-state index contributed by atoms with van der Waals surface area (Å²) in [7, 11) is 1.31. The zero-order chi connectivity index (χ0) is 27.5. The van der Waals surface area contributed by atoms with E-state index in [-0.39, 0.29) is 23.8 Å². The molecule has 8 nitrogen and oxygen atoms in total. The van der Waals surface area contributed by atoms with E-state index in [9.17, 15) is 18.8 Å². The number of hydrogen-bond acceptors (Lipinski definition) is 6. The second-order valence-electron chi connectivity index (χ2n) is 11.3. The first kappa shape index (κ1) is 27.5. The van der Waals surface area contributed by atoms with Crippen molar-refractivity contribution in [3.63, 3.8) is 0 Å². The number of likely N-dealkylation sites (tertiary alicyclic amines) is 1. The van der Waals surface area contributed by atoms with Gasteiger partial charge < -0.3 is 19.7 Å². The molecular formula is C29H36FN3O5. The van der Waals surface area contributed by atoms with E-state index >= 15 is 0 Å². The number of piperidine rings is 1. The van der Waals surface area contributed by atoms with Crippen LogP contribution in [-0.4, -0.2) is 59.2 Å². The van der Waals surface area contributed by atoms with Crippen LogP contribution in [0.3, 0.4) is 0 Å². The summed E-state index contributed by atoms with van der Waals surface area (Å²) in [5, 5.41) is 3.05. The summed E-state index contributed by atoms with van der Waals surface area (Å²) in [6, 6.07) is 9.97. The molecule has 2 fully saturated rings. The molecule has 1 saturated heterocycles. The fourth-order valence-corrected chi connectivity index (χ4v) is 4.78. The Bertz CT molecular complexity index is 1180. The molecule has 38 heavy (non-hydrogen) atoms. The van der Waals surface area contributed by atoms with E-state index in [2.05, 4.69) is 5.32 Å². The van der Waals surface area contributed by atoms with E-state index in [0.29, 0.717) is 38.3 Å². The van der Waals surface area contributed by atoms with Gasteiger partial charge in [0.15, 0.2) is 0 Å². The molecular weight excluding hydrogens is 489 g/mol. The van der Waals surface area contributed by atoms with Crippen LogP contribution in [0.1, 0.15) is 86.1 Å². The van der Waals surface area contributed by atoms with Gasteiger partial charge >= 0.3 is 12.1 Å². The maximum atomic E-state index is 13.5. The molecule has 0 bridgehead atoms. The maximum absolute atomic E-state index is 13.5. The summed E-state index contributed by atoms with van der Waals surface area (Å²) in [6.45, 7) is 6.08. The number of pyridine rings is 1. The second-order valence-corrected chi connectivity index (χ2v) is 11.3. The number of nitrogens with one attached hydrogen (secondary N) is 1. The first-order valence-electron chi connectivity index (χ1n) is 13.1. The van der Waals surface area contributed by atoms with Gasteiger partial charge in [0, 0.05) is 25.2 Å². The summed E-state index contributed by atoms with van der Waals surface area (Å²) in [5.74, 6) is -0.698. The third-order valence-electron chi connectivity index (χ3n) is 7.01. The third kappa shape index (κ3) is 7.08. The van der Waals surface area contributed by atoms with Gasteiger partial charge in [0.05, 0.1) is 19.1 Å². The first-order chi connectivity index (χ1) is 18.0. The Morgan fingerprint density at radius 2 is 1.74 bits per heavy atom. The monoisotopic (exact) mass is 525 g/mol. The first-order valence-corrected chi connectivity index (χ1v) is 13.1. The van der Waals surface area contributed by atoms with Crippen LogP contribution >= 0.6 is 0 Å². The largest absolute Gasteiger partial charge is 0.469 e. The van der Waals surface area contributed by atoms with Crippen molar-refractivity contribution < 1.29 is 28.2 Å². The highest BCUT2D eigenvalue weighted by Gasteiger charge is 2.41. The topological polar surface area (TPSA) is 97.8 Å². The Balaban J connectivity index is 1.52. The summed E-state index contributed by atoms with van der Waals surface area (Å²) in [4.78, 5) is 44.6. The SMILES string of the molecule is COC(=O)CC1(NC(=O)c2ccc(C3CC3)c(Cc3ccc(F)cc3)n2)CCN(C(=O)OC(C)(C)C)CC1. The van der Waals surface area contributed by atoms with Crippen molar-refractivity contribution in [2.45, 2.75) is 76.4 Å². The van der Waals surface area contributed by atoms with Gasteiger partial charge in [0.25, 0.3) is 5.91 Å². The molecule has 2 aliphatic rings. The molecule has 2 heterocycles. The van der Waals surface area contributed by atoms with Gasteiger partial charge in [-0.05, 0) is 81.7 Å². The fraction of sp³-hybridized carbons (Fsp3) is 0.517. The third-order valence-corrected chi connectivity index (χ3v) is 7.01. The number of halogens is 1. The van der Waals surface area contributed by atoms with Crippen molar-refractivity contribution >= 4 is 18.0 Å². The van der Waals surface area contributed by atoms with Crippen LogP contribution in [0.4, 0.5) is 9.18 Å². The normalized spacial score (nSPS) is 17.0. The van der Waals surface area contributed by atoms with Gasteiger partial charge in [-0.1, -0.05) is 18.2 Å². The van der Waals surface area contributed by atoms with Crippen LogP contribution in [-0.2, 0) is 20.7 Å². The summed E-state index contributed by atoms with van der Waals surface area (Å²) < 4.78 is 23.8. The minimum absolute atomic E-state index is 0.0139. The van der Waals surface area contributed by atoms with E-state index in [1.54, 1.807) is 23.1 Å². The lowest BCUT2D eigenvalue weighted by Gasteiger charge is -2.41. The molecule has 1 aromatic carbocycles. The Labute approximate surface area is 222 Å². The molecule has 9 heteroatoms. The van der Waals surface area contributed by atoms with Crippen molar-refractivity contribution in [3.8, 4) is 0 Å². The van der Waals surface area contributed by atoms with E-state index in [4.69, 9.17) is 14.5 Å². The highest BCUT2D eigenvalue weighted by molar-refractivity contribution is 5.93. The highest BCUT2D eigenvalue weighted by atomic mass is 19.1. The van der Waals surface area contributed by atoms with Crippen LogP contribution in [0.15, 0.2) is 36.4 Å². The lowest BCUT2D eigenvalue weighted by atomic mass is 9.84. The number of ether oxygens (including phenoxy) is 2. The molecule has 0 unspecified atom stereocenters. The number of nitrogens with zero attached hydrogens (tertiary/aromatic N) is 2.